The Morgan fingerprint density at radius 3 is 2.54 bits per heavy atom. The average Bonchev–Trinajstić information content (AvgIpc) is 2.76. The normalized spacial score (nSPS) is 12.7. The van der Waals surface area contributed by atoms with Crippen molar-refractivity contribution in [3.05, 3.63) is 58.5 Å². The molecule has 0 aliphatic rings. The Hall–Kier alpha value is -3.66. The molecule has 2 rings (SSSR count). The SMILES string of the molecule is CCC(C)Nc1nc(C(F)(F)F)ccc1/C=C/C(=O)NCc1cc(F)c(NS(C)(=O)=O)c(C#N)c1. The van der Waals surface area contributed by atoms with Gasteiger partial charge in [-0.15, -0.1) is 0 Å². The fourth-order valence-corrected chi connectivity index (χ4v) is 3.35. The van der Waals surface area contributed by atoms with Crippen molar-refractivity contribution in [3.8, 4) is 6.07 Å². The molecule has 13 heteroatoms. The van der Waals surface area contributed by atoms with Crippen LogP contribution in [0.3, 0.4) is 0 Å². The van der Waals surface area contributed by atoms with E-state index in [9.17, 15) is 36.0 Å². The van der Waals surface area contributed by atoms with E-state index in [0.717, 1.165) is 24.5 Å². The summed E-state index contributed by atoms with van der Waals surface area (Å²) >= 11 is 0. The molecule has 188 valence electrons. The molecule has 1 aromatic carbocycles. The number of rotatable bonds is 9. The lowest BCUT2D eigenvalue weighted by molar-refractivity contribution is -0.141. The lowest BCUT2D eigenvalue weighted by atomic mass is 10.1. The molecule has 0 saturated carbocycles. The van der Waals surface area contributed by atoms with E-state index < -0.39 is 39.3 Å². The van der Waals surface area contributed by atoms with Crippen molar-refractivity contribution in [1.82, 2.24) is 10.3 Å². The molecule has 0 bridgehead atoms. The second-order valence-electron chi connectivity index (χ2n) is 7.62. The van der Waals surface area contributed by atoms with Crippen molar-refractivity contribution in [3.63, 3.8) is 0 Å². The molecule has 8 nitrogen and oxygen atoms in total. The molecule has 35 heavy (non-hydrogen) atoms. The van der Waals surface area contributed by atoms with Gasteiger partial charge in [-0.05, 0) is 49.2 Å². The number of hydrogen-bond acceptors (Lipinski definition) is 6. The third kappa shape index (κ3) is 8.25. The standard InChI is InChI=1S/C22H23F4N5O3S/c1-4-13(2)29-21-15(5-7-18(30-21)22(24,25)26)6-8-19(32)28-12-14-9-16(11-27)20(17(23)10-14)31-35(3,33)34/h5-10,13,31H,4,12H2,1-3H3,(H,28,32)(H,29,30)/b8-6+. The number of benzene rings is 1. The Bertz CT molecular complexity index is 1270. The van der Waals surface area contributed by atoms with E-state index in [2.05, 4.69) is 15.6 Å². The fourth-order valence-electron chi connectivity index (χ4n) is 2.77. The number of pyridine rings is 1. The number of amides is 1. The van der Waals surface area contributed by atoms with Crippen molar-refractivity contribution in [1.29, 1.82) is 5.26 Å². The van der Waals surface area contributed by atoms with E-state index in [-0.39, 0.29) is 35.1 Å². The van der Waals surface area contributed by atoms with Crippen LogP contribution in [0.25, 0.3) is 6.08 Å². The van der Waals surface area contributed by atoms with E-state index in [1.165, 1.54) is 18.2 Å². The van der Waals surface area contributed by atoms with Gasteiger partial charge in [-0.1, -0.05) is 6.92 Å². The Kier molecular flexibility index (Phi) is 8.81. The van der Waals surface area contributed by atoms with Crippen molar-refractivity contribution < 1.29 is 30.8 Å². The highest BCUT2D eigenvalue weighted by atomic mass is 32.2. The lowest BCUT2D eigenvalue weighted by Crippen LogP contribution is -2.21. The van der Waals surface area contributed by atoms with Crippen molar-refractivity contribution >= 4 is 33.5 Å². The Balaban J connectivity index is 2.18. The number of nitrogens with zero attached hydrogens (tertiary/aromatic N) is 2. The molecule has 0 fully saturated rings. The van der Waals surface area contributed by atoms with Crippen LogP contribution in [0.5, 0.6) is 0 Å². The van der Waals surface area contributed by atoms with E-state index in [1.54, 1.807) is 13.0 Å². The number of carbonyl (C=O) groups excluding carboxylic acids is 1. The van der Waals surface area contributed by atoms with Gasteiger partial charge in [0.2, 0.25) is 15.9 Å². The third-order valence-electron chi connectivity index (χ3n) is 4.65. The van der Waals surface area contributed by atoms with Gasteiger partial charge in [0.25, 0.3) is 0 Å². The number of nitrogens with one attached hydrogen (secondary N) is 3. The van der Waals surface area contributed by atoms with Crippen LogP contribution in [0.4, 0.5) is 29.1 Å². The van der Waals surface area contributed by atoms with Crippen LogP contribution in [-0.4, -0.2) is 31.6 Å². The van der Waals surface area contributed by atoms with E-state index in [0.29, 0.717) is 6.42 Å². The smallest absolute Gasteiger partial charge is 0.367 e. The lowest BCUT2D eigenvalue weighted by Gasteiger charge is -2.16. The van der Waals surface area contributed by atoms with E-state index in [4.69, 9.17) is 0 Å². The molecule has 0 aliphatic carbocycles. The first-order chi connectivity index (χ1) is 16.2. The summed E-state index contributed by atoms with van der Waals surface area (Å²) in [6.07, 6.45) is -0.832. The highest BCUT2D eigenvalue weighted by Crippen LogP contribution is 2.30. The molecule has 3 N–H and O–H groups in total. The van der Waals surface area contributed by atoms with Gasteiger partial charge in [0, 0.05) is 24.2 Å². The minimum absolute atomic E-state index is 0.0343. The number of alkyl halides is 3. The highest BCUT2D eigenvalue weighted by molar-refractivity contribution is 7.92. The number of aromatic nitrogens is 1. The quantitative estimate of drug-likeness (QED) is 0.344. The maximum absolute atomic E-state index is 14.3. The molecular weight excluding hydrogens is 490 g/mol. The summed E-state index contributed by atoms with van der Waals surface area (Å²) in [5, 5.41) is 14.5. The maximum atomic E-state index is 14.3. The molecule has 1 atom stereocenters. The number of anilines is 2. The van der Waals surface area contributed by atoms with Gasteiger partial charge in [-0.25, -0.2) is 17.8 Å². The number of hydrogen-bond donors (Lipinski definition) is 3. The second-order valence-corrected chi connectivity index (χ2v) is 9.37. The van der Waals surface area contributed by atoms with Crippen LogP contribution in [0, 0.1) is 17.1 Å². The number of carbonyl (C=O) groups is 1. The molecule has 0 saturated heterocycles. The third-order valence-corrected chi connectivity index (χ3v) is 5.23. The first-order valence-electron chi connectivity index (χ1n) is 10.2. The Morgan fingerprint density at radius 2 is 1.97 bits per heavy atom. The minimum Gasteiger partial charge on any atom is -0.367 e. The fraction of sp³-hybridized carbons (Fsp3) is 0.318. The summed E-state index contributed by atoms with van der Waals surface area (Å²) < 4.78 is 78.1. The molecule has 0 aliphatic heterocycles. The zero-order valence-electron chi connectivity index (χ0n) is 19.0. The monoisotopic (exact) mass is 513 g/mol. The summed E-state index contributed by atoms with van der Waals surface area (Å²) in [6, 6.07) is 5.69. The molecule has 0 radical (unpaired) electrons. The Morgan fingerprint density at radius 1 is 1.29 bits per heavy atom. The first-order valence-corrected chi connectivity index (χ1v) is 12.1. The summed E-state index contributed by atoms with van der Waals surface area (Å²) in [6.45, 7) is 3.42. The molecule has 0 spiro atoms. The van der Waals surface area contributed by atoms with Gasteiger partial charge in [0.05, 0.1) is 11.8 Å². The van der Waals surface area contributed by atoms with Gasteiger partial charge in [0.1, 0.15) is 29.1 Å². The van der Waals surface area contributed by atoms with Gasteiger partial charge < -0.3 is 10.6 Å². The zero-order chi connectivity index (χ0) is 26.4. The molecular formula is C22H23F4N5O3S. The van der Waals surface area contributed by atoms with Crippen LogP contribution in [0.15, 0.2) is 30.3 Å². The van der Waals surface area contributed by atoms with Gasteiger partial charge in [0.15, 0.2) is 0 Å². The van der Waals surface area contributed by atoms with Crippen LogP contribution in [0.1, 0.15) is 42.7 Å². The van der Waals surface area contributed by atoms with Crippen molar-refractivity contribution in [2.45, 2.75) is 39.0 Å². The minimum atomic E-state index is -4.63. The number of halogens is 4. The molecule has 1 amide bonds. The van der Waals surface area contributed by atoms with Gasteiger partial charge in [-0.3, -0.25) is 9.52 Å². The number of nitriles is 1. The maximum Gasteiger partial charge on any atom is 0.433 e. The summed E-state index contributed by atoms with van der Waals surface area (Å²) in [7, 11) is -3.82. The van der Waals surface area contributed by atoms with E-state index >= 15 is 0 Å². The predicted molar refractivity (Wildman–Crippen MR) is 123 cm³/mol. The van der Waals surface area contributed by atoms with E-state index in [1.807, 2.05) is 11.6 Å². The van der Waals surface area contributed by atoms with Crippen LogP contribution in [-0.2, 0) is 27.5 Å². The predicted octanol–water partition coefficient (Wildman–Crippen LogP) is 4.02. The average molecular weight is 514 g/mol. The molecule has 1 aromatic heterocycles. The molecule has 2 aromatic rings. The Labute approximate surface area is 200 Å². The molecule has 1 heterocycles. The van der Waals surface area contributed by atoms with Crippen LogP contribution < -0.4 is 15.4 Å². The first kappa shape index (κ1) is 27.6. The summed E-state index contributed by atoms with van der Waals surface area (Å²) in [4.78, 5) is 15.9. The highest BCUT2D eigenvalue weighted by Gasteiger charge is 2.33. The summed E-state index contributed by atoms with van der Waals surface area (Å²) in [5.74, 6) is -1.67. The molecule has 1 unspecified atom stereocenters. The van der Waals surface area contributed by atoms with Crippen LogP contribution >= 0.6 is 0 Å². The zero-order valence-corrected chi connectivity index (χ0v) is 19.8. The van der Waals surface area contributed by atoms with Gasteiger partial charge >= 0.3 is 6.18 Å². The second kappa shape index (κ2) is 11.2. The largest absolute Gasteiger partial charge is 0.433 e. The van der Waals surface area contributed by atoms with Gasteiger partial charge in [-0.2, -0.15) is 18.4 Å². The summed E-state index contributed by atoms with van der Waals surface area (Å²) in [5.41, 5.74) is -1.40. The van der Waals surface area contributed by atoms with Crippen molar-refractivity contribution in [2.24, 2.45) is 0 Å². The van der Waals surface area contributed by atoms with Crippen LogP contribution in [0.2, 0.25) is 0 Å². The van der Waals surface area contributed by atoms with Crippen molar-refractivity contribution in [2.75, 3.05) is 16.3 Å². The number of sulfonamides is 1. The topological polar surface area (TPSA) is 124 Å².